The maximum Gasteiger partial charge on any atom is 0.226 e. The highest BCUT2D eigenvalue weighted by molar-refractivity contribution is 5.82. The molecule has 0 unspecified atom stereocenters. The molecule has 2 aliphatic rings. The Morgan fingerprint density at radius 1 is 1.12 bits per heavy atom. The van der Waals surface area contributed by atoms with E-state index in [9.17, 15) is 4.79 Å². The summed E-state index contributed by atoms with van der Waals surface area (Å²) in [5.41, 5.74) is 2.00. The first-order valence-corrected chi connectivity index (χ1v) is 9.01. The second-order valence-electron chi connectivity index (χ2n) is 7.17. The summed E-state index contributed by atoms with van der Waals surface area (Å²) in [4.78, 5) is 23.1. The van der Waals surface area contributed by atoms with E-state index >= 15 is 0 Å². The van der Waals surface area contributed by atoms with E-state index in [0.717, 1.165) is 35.9 Å². The molecule has 7 heteroatoms. The molecule has 2 fully saturated rings. The van der Waals surface area contributed by atoms with Crippen molar-refractivity contribution in [3.63, 3.8) is 0 Å². The fraction of sp³-hybridized carbons (Fsp3) is 0.556. The topological polar surface area (TPSA) is 75.9 Å². The average Bonchev–Trinajstić information content (AvgIpc) is 3.15. The van der Waals surface area contributed by atoms with Crippen LogP contribution in [0.4, 0.5) is 5.82 Å². The van der Waals surface area contributed by atoms with E-state index in [1.54, 1.807) is 6.33 Å². The Balaban J connectivity index is 1.40. The van der Waals surface area contributed by atoms with Crippen molar-refractivity contribution in [2.75, 3.05) is 18.0 Å². The summed E-state index contributed by atoms with van der Waals surface area (Å²) in [6, 6.07) is 4.34. The Labute approximate surface area is 147 Å². The van der Waals surface area contributed by atoms with Gasteiger partial charge in [0.05, 0.1) is 11.6 Å². The lowest BCUT2D eigenvalue weighted by Gasteiger charge is -2.39. The Hall–Kier alpha value is -2.44. The van der Waals surface area contributed by atoms with Crippen LogP contribution >= 0.6 is 0 Å². The molecule has 25 heavy (non-hydrogen) atoms. The van der Waals surface area contributed by atoms with Gasteiger partial charge in [0.25, 0.3) is 0 Å². The van der Waals surface area contributed by atoms with Gasteiger partial charge in [-0.2, -0.15) is 5.10 Å². The van der Waals surface area contributed by atoms with Gasteiger partial charge in [-0.05, 0) is 32.8 Å². The highest BCUT2D eigenvalue weighted by atomic mass is 16.2. The SMILES string of the molecule is Cc1cc(C)n(-c2cc(N3CC(C(=O)NC4CCCC4)C3)ncn2)n1. The molecule has 2 aromatic heterocycles. The number of carbonyl (C=O) groups excluding carboxylic acids is 1. The van der Waals surface area contributed by atoms with Crippen LogP contribution in [0.25, 0.3) is 5.82 Å². The van der Waals surface area contributed by atoms with Gasteiger partial charge in [0.15, 0.2) is 5.82 Å². The first-order chi connectivity index (χ1) is 12.1. The van der Waals surface area contributed by atoms with Crippen LogP contribution in [0.5, 0.6) is 0 Å². The number of anilines is 1. The lowest BCUT2D eigenvalue weighted by Crippen LogP contribution is -2.55. The second kappa shape index (κ2) is 6.46. The zero-order valence-electron chi connectivity index (χ0n) is 14.8. The average molecular weight is 340 g/mol. The minimum absolute atomic E-state index is 0.0627. The van der Waals surface area contributed by atoms with Crippen LogP contribution in [0.1, 0.15) is 37.1 Å². The van der Waals surface area contributed by atoms with E-state index < -0.39 is 0 Å². The largest absolute Gasteiger partial charge is 0.355 e. The monoisotopic (exact) mass is 340 g/mol. The predicted molar refractivity (Wildman–Crippen MR) is 94.7 cm³/mol. The molecular weight excluding hydrogens is 316 g/mol. The molecule has 3 heterocycles. The molecule has 1 amide bonds. The fourth-order valence-electron chi connectivity index (χ4n) is 3.71. The molecule has 1 saturated heterocycles. The van der Waals surface area contributed by atoms with Crippen LogP contribution in [0.2, 0.25) is 0 Å². The van der Waals surface area contributed by atoms with Gasteiger partial charge in [0.2, 0.25) is 5.91 Å². The van der Waals surface area contributed by atoms with Crippen molar-refractivity contribution in [2.24, 2.45) is 5.92 Å². The zero-order valence-corrected chi connectivity index (χ0v) is 14.8. The van der Waals surface area contributed by atoms with E-state index in [2.05, 4.69) is 25.3 Å². The number of aromatic nitrogens is 4. The van der Waals surface area contributed by atoms with Gasteiger partial charge in [0, 0.05) is 30.9 Å². The van der Waals surface area contributed by atoms with Gasteiger partial charge in [0.1, 0.15) is 12.1 Å². The number of hydrogen-bond acceptors (Lipinski definition) is 5. The number of nitrogens with zero attached hydrogens (tertiary/aromatic N) is 5. The van der Waals surface area contributed by atoms with Crippen molar-refractivity contribution in [3.05, 3.63) is 29.8 Å². The molecule has 4 rings (SSSR count). The molecule has 1 aliphatic carbocycles. The first-order valence-electron chi connectivity index (χ1n) is 9.01. The number of aryl methyl sites for hydroxylation is 2. The highest BCUT2D eigenvalue weighted by Gasteiger charge is 2.34. The van der Waals surface area contributed by atoms with Crippen LogP contribution in [0, 0.1) is 19.8 Å². The van der Waals surface area contributed by atoms with Crippen LogP contribution in [0.15, 0.2) is 18.5 Å². The maximum atomic E-state index is 12.3. The van der Waals surface area contributed by atoms with Crippen molar-refractivity contribution in [1.29, 1.82) is 0 Å². The molecule has 0 spiro atoms. The van der Waals surface area contributed by atoms with E-state index in [0.29, 0.717) is 19.1 Å². The molecular formula is C18H24N6O. The number of nitrogens with one attached hydrogen (secondary N) is 1. The third kappa shape index (κ3) is 3.23. The number of amides is 1. The molecule has 2 aromatic rings. The lowest BCUT2D eigenvalue weighted by atomic mass is 9.98. The zero-order chi connectivity index (χ0) is 17.4. The summed E-state index contributed by atoms with van der Waals surface area (Å²) in [7, 11) is 0. The molecule has 0 atom stereocenters. The molecule has 0 bridgehead atoms. The van der Waals surface area contributed by atoms with Gasteiger partial charge in [-0.15, -0.1) is 0 Å². The fourth-order valence-corrected chi connectivity index (χ4v) is 3.71. The van der Waals surface area contributed by atoms with Crippen molar-refractivity contribution >= 4 is 11.7 Å². The van der Waals surface area contributed by atoms with Gasteiger partial charge in [-0.25, -0.2) is 14.6 Å². The molecule has 7 nitrogen and oxygen atoms in total. The van der Waals surface area contributed by atoms with Crippen molar-refractivity contribution in [3.8, 4) is 5.82 Å². The molecule has 132 valence electrons. The van der Waals surface area contributed by atoms with Gasteiger partial charge < -0.3 is 10.2 Å². The Bertz CT molecular complexity index is 774. The third-order valence-electron chi connectivity index (χ3n) is 5.14. The van der Waals surface area contributed by atoms with Crippen LogP contribution in [-0.2, 0) is 4.79 Å². The standard InChI is InChI=1S/C18H24N6O/c1-12-7-13(2)24(22-12)17-8-16(19-11-20-17)23-9-14(10-23)18(25)21-15-5-3-4-6-15/h7-8,11,14-15H,3-6,9-10H2,1-2H3,(H,21,25). The third-order valence-corrected chi connectivity index (χ3v) is 5.14. The van der Waals surface area contributed by atoms with Gasteiger partial charge in [-0.1, -0.05) is 12.8 Å². The summed E-state index contributed by atoms with van der Waals surface area (Å²) in [5.74, 6) is 1.86. The quantitative estimate of drug-likeness (QED) is 0.918. The molecule has 1 aliphatic heterocycles. The van der Waals surface area contributed by atoms with E-state index in [4.69, 9.17) is 0 Å². The smallest absolute Gasteiger partial charge is 0.226 e. The molecule has 1 saturated carbocycles. The minimum Gasteiger partial charge on any atom is -0.355 e. The summed E-state index contributed by atoms with van der Waals surface area (Å²) in [6.45, 7) is 5.40. The Kier molecular flexibility index (Phi) is 4.15. The molecule has 0 aromatic carbocycles. The van der Waals surface area contributed by atoms with Crippen LogP contribution in [0.3, 0.4) is 0 Å². The van der Waals surface area contributed by atoms with Crippen LogP contribution < -0.4 is 10.2 Å². The second-order valence-corrected chi connectivity index (χ2v) is 7.17. The van der Waals surface area contributed by atoms with Gasteiger partial charge >= 0.3 is 0 Å². The number of carbonyl (C=O) groups is 1. The Morgan fingerprint density at radius 2 is 1.84 bits per heavy atom. The van der Waals surface area contributed by atoms with E-state index in [1.807, 2.05) is 30.7 Å². The molecule has 0 radical (unpaired) electrons. The minimum atomic E-state index is 0.0627. The normalized spacial score (nSPS) is 18.4. The summed E-state index contributed by atoms with van der Waals surface area (Å²) in [6.07, 6.45) is 6.28. The van der Waals surface area contributed by atoms with Crippen molar-refractivity contribution < 1.29 is 4.79 Å². The number of hydrogen-bond donors (Lipinski definition) is 1. The van der Waals surface area contributed by atoms with E-state index in [1.165, 1.54) is 12.8 Å². The van der Waals surface area contributed by atoms with Gasteiger partial charge in [-0.3, -0.25) is 4.79 Å². The number of rotatable bonds is 4. The highest BCUT2D eigenvalue weighted by Crippen LogP contribution is 2.25. The van der Waals surface area contributed by atoms with E-state index in [-0.39, 0.29) is 11.8 Å². The lowest BCUT2D eigenvalue weighted by molar-refractivity contribution is -0.126. The molecule has 1 N–H and O–H groups in total. The summed E-state index contributed by atoms with van der Waals surface area (Å²) in [5, 5.41) is 7.66. The van der Waals surface area contributed by atoms with Crippen LogP contribution in [-0.4, -0.2) is 44.8 Å². The summed E-state index contributed by atoms with van der Waals surface area (Å²) >= 11 is 0. The Morgan fingerprint density at radius 3 is 2.52 bits per heavy atom. The van der Waals surface area contributed by atoms with Crippen molar-refractivity contribution in [2.45, 2.75) is 45.6 Å². The summed E-state index contributed by atoms with van der Waals surface area (Å²) < 4.78 is 1.82. The first kappa shape index (κ1) is 16.1. The predicted octanol–water partition coefficient (Wildman–Crippen LogP) is 1.77. The van der Waals surface area contributed by atoms with Crippen molar-refractivity contribution in [1.82, 2.24) is 25.1 Å². The maximum absolute atomic E-state index is 12.3.